The standard InChI is InChI=1S/C24H29N3OS2/c1-16-13-17(2)21(18(3)14-16)25-20(28)15-30-23-22(19-9-8-12-29-19)26-24(27-23)10-6-4-5-7-11-24/h8-9,12-14H,4-7,10-11,15H2,1-3H3,(H,25,28). The van der Waals surface area contributed by atoms with Crippen molar-refractivity contribution in [2.24, 2.45) is 9.98 Å². The minimum absolute atomic E-state index is 0.00472. The van der Waals surface area contributed by atoms with Gasteiger partial charge in [0.25, 0.3) is 0 Å². The van der Waals surface area contributed by atoms with Crippen molar-refractivity contribution in [2.75, 3.05) is 11.1 Å². The number of carbonyl (C=O) groups is 1. The van der Waals surface area contributed by atoms with Crippen LogP contribution < -0.4 is 5.32 Å². The number of nitrogens with zero attached hydrogens (tertiary/aromatic N) is 2. The van der Waals surface area contributed by atoms with E-state index in [-0.39, 0.29) is 11.6 Å². The smallest absolute Gasteiger partial charge is 0.234 e. The van der Waals surface area contributed by atoms with E-state index in [1.807, 2.05) is 13.8 Å². The SMILES string of the molecule is Cc1cc(C)c(NC(=O)CSC2=NC3(CCCCCC3)N=C2c2cccs2)c(C)c1. The lowest BCUT2D eigenvalue weighted by molar-refractivity contribution is -0.113. The van der Waals surface area contributed by atoms with Gasteiger partial charge in [-0.1, -0.05) is 48.4 Å². The van der Waals surface area contributed by atoms with Gasteiger partial charge in [0.1, 0.15) is 10.8 Å². The molecule has 1 spiro atoms. The summed E-state index contributed by atoms with van der Waals surface area (Å²) in [5.74, 6) is 0.344. The third kappa shape index (κ3) is 4.70. The molecule has 1 fully saturated rings. The lowest BCUT2D eigenvalue weighted by Gasteiger charge is -2.20. The van der Waals surface area contributed by atoms with Gasteiger partial charge >= 0.3 is 0 Å². The van der Waals surface area contributed by atoms with Crippen LogP contribution in [0.2, 0.25) is 0 Å². The van der Waals surface area contributed by atoms with Crippen molar-refractivity contribution in [3.63, 3.8) is 0 Å². The largest absolute Gasteiger partial charge is 0.325 e. The number of aryl methyl sites for hydroxylation is 3. The lowest BCUT2D eigenvalue weighted by Crippen LogP contribution is -2.20. The highest BCUT2D eigenvalue weighted by molar-refractivity contribution is 8.16. The van der Waals surface area contributed by atoms with Crippen LogP contribution in [0.4, 0.5) is 5.69 Å². The Morgan fingerprint density at radius 2 is 1.80 bits per heavy atom. The van der Waals surface area contributed by atoms with Crippen LogP contribution in [0.3, 0.4) is 0 Å². The second kappa shape index (κ2) is 9.06. The maximum atomic E-state index is 12.8. The number of hydrogen-bond acceptors (Lipinski definition) is 5. The number of thiophene rings is 1. The number of anilines is 1. The third-order valence-corrected chi connectivity index (χ3v) is 7.61. The van der Waals surface area contributed by atoms with Crippen LogP contribution in [-0.2, 0) is 4.79 Å². The number of carbonyl (C=O) groups excluding carboxylic acids is 1. The Balaban J connectivity index is 1.50. The topological polar surface area (TPSA) is 53.8 Å². The molecule has 0 atom stereocenters. The molecule has 30 heavy (non-hydrogen) atoms. The fourth-order valence-electron chi connectivity index (χ4n) is 4.40. The first-order chi connectivity index (χ1) is 14.5. The van der Waals surface area contributed by atoms with Gasteiger partial charge in [-0.3, -0.25) is 9.79 Å². The predicted octanol–water partition coefficient (Wildman–Crippen LogP) is 6.30. The van der Waals surface area contributed by atoms with E-state index in [9.17, 15) is 4.79 Å². The molecule has 0 unspecified atom stereocenters. The molecule has 2 aliphatic rings. The predicted molar refractivity (Wildman–Crippen MR) is 130 cm³/mol. The molecule has 0 radical (unpaired) electrons. The maximum absolute atomic E-state index is 12.8. The van der Waals surface area contributed by atoms with Gasteiger partial charge in [-0.05, 0) is 69.0 Å². The summed E-state index contributed by atoms with van der Waals surface area (Å²) in [4.78, 5) is 24.1. The van der Waals surface area contributed by atoms with Crippen LogP contribution in [0.1, 0.15) is 60.1 Å². The van der Waals surface area contributed by atoms with Crippen molar-refractivity contribution in [3.05, 3.63) is 51.2 Å². The Bertz CT molecular complexity index is 961. The van der Waals surface area contributed by atoms with Crippen LogP contribution in [0, 0.1) is 20.8 Å². The Morgan fingerprint density at radius 3 is 2.43 bits per heavy atom. The van der Waals surface area contributed by atoms with Gasteiger partial charge in [-0.2, -0.15) is 0 Å². The summed E-state index contributed by atoms with van der Waals surface area (Å²) in [6.07, 6.45) is 6.91. The zero-order valence-electron chi connectivity index (χ0n) is 18.0. The first-order valence-electron chi connectivity index (χ1n) is 10.7. The molecule has 1 aromatic heterocycles. The van der Waals surface area contributed by atoms with Crippen molar-refractivity contribution < 1.29 is 4.79 Å². The molecule has 2 heterocycles. The summed E-state index contributed by atoms with van der Waals surface area (Å²) in [7, 11) is 0. The summed E-state index contributed by atoms with van der Waals surface area (Å²) in [5.41, 5.74) is 5.01. The highest BCUT2D eigenvalue weighted by Crippen LogP contribution is 2.38. The summed E-state index contributed by atoms with van der Waals surface area (Å²) >= 11 is 3.21. The van der Waals surface area contributed by atoms with E-state index in [4.69, 9.17) is 9.98 Å². The van der Waals surface area contributed by atoms with Gasteiger partial charge in [0.15, 0.2) is 5.66 Å². The van der Waals surface area contributed by atoms with Crippen molar-refractivity contribution in [1.82, 2.24) is 0 Å². The number of hydrogen-bond donors (Lipinski definition) is 1. The van der Waals surface area contributed by atoms with Crippen LogP contribution in [0.5, 0.6) is 0 Å². The maximum Gasteiger partial charge on any atom is 0.234 e. The lowest BCUT2D eigenvalue weighted by atomic mass is 10.0. The molecule has 2 aromatic rings. The second-order valence-electron chi connectivity index (χ2n) is 8.36. The molecule has 1 N–H and O–H groups in total. The Labute approximate surface area is 187 Å². The molecule has 6 heteroatoms. The van der Waals surface area contributed by atoms with E-state index < -0.39 is 0 Å². The minimum Gasteiger partial charge on any atom is -0.325 e. The molecule has 158 valence electrons. The highest BCUT2D eigenvalue weighted by atomic mass is 32.2. The number of amides is 1. The molecular formula is C24H29N3OS2. The molecule has 1 aliphatic heterocycles. The van der Waals surface area contributed by atoms with Crippen molar-refractivity contribution >= 4 is 45.4 Å². The van der Waals surface area contributed by atoms with Crippen molar-refractivity contribution in [2.45, 2.75) is 65.0 Å². The molecule has 0 saturated heterocycles. The van der Waals surface area contributed by atoms with E-state index in [1.54, 1.807) is 11.3 Å². The van der Waals surface area contributed by atoms with Crippen LogP contribution in [0.15, 0.2) is 39.6 Å². The van der Waals surface area contributed by atoms with E-state index in [1.165, 1.54) is 43.0 Å². The first kappa shape index (κ1) is 21.3. The Hall–Kier alpha value is -1.92. The molecule has 4 rings (SSSR count). The summed E-state index contributed by atoms with van der Waals surface area (Å²) in [6, 6.07) is 8.37. The van der Waals surface area contributed by atoms with Gasteiger partial charge in [-0.15, -0.1) is 11.3 Å². The molecule has 1 aromatic carbocycles. The molecule has 1 aliphatic carbocycles. The van der Waals surface area contributed by atoms with E-state index >= 15 is 0 Å². The summed E-state index contributed by atoms with van der Waals surface area (Å²) in [5, 5.41) is 6.11. The minimum atomic E-state index is -0.307. The molecule has 0 bridgehead atoms. The number of rotatable bonds is 4. The number of nitrogens with one attached hydrogen (secondary N) is 1. The average Bonchev–Trinajstić information content (AvgIpc) is 3.28. The summed E-state index contributed by atoms with van der Waals surface area (Å²) < 4.78 is 0. The third-order valence-electron chi connectivity index (χ3n) is 5.77. The number of benzene rings is 1. The number of thioether (sulfide) groups is 1. The van der Waals surface area contributed by atoms with Crippen LogP contribution in [-0.4, -0.2) is 28.1 Å². The zero-order valence-corrected chi connectivity index (χ0v) is 19.6. The van der Waals surface area contributed by atoms with Gasteiger partial charge in [-0.25, -0.2) is 4.99 Å². The fourth-order valence-corrected chi connectivity index (χ4v) is 6.05. The average molecular weight is 440 g/mol. The zero-order chi connectivity index (χ0) is 21.1. The van der Waals surface area contributed by atoms with Gasteiger partial charge in [0.2, 0.25) is 5.91 Å². The van der Waals surface area contributed by atoms with E-state index in [0.29, 0.717) is 5.75 Å². The quantitative estimate of drug-likeness (QED) is 0.608. The van der Waals surface area contributed by atoms with E-state index in [2.05, 4.69) is 41.9 Å². The molecular weight excluding hydrogens is 410 g/mol. The summed E-state index contributed by atoms with van der Waals surface area (Å²) in [6.45, 7) is 6.16. The monoisotopic (exact) mass is 439 g/mol. The molecule has 1 amide bonds. The van der Waals surface area contributed by atoms with Crippen LogP contribution >= 0.6 is 23.1 Å². The highest BCUT2D eigenvalue weighted by Gasteiger charge is 2.37. The van der Waals surface area contributed by atoms with Crippen LogP contribution in [0.25, 0.3) is 0 Å². The molecule has 1 saturated carbocycles. The Kier molecular flexibility index (Phi) is 6.44. The molecule has 4 nitrogen and oxygen atoms in total. The first-order valence-corrected chi connectivity index (χ1v) is 12.6. The van der Waals surface area contributed by atoms with Gasteiger partial charge < -0.3 is 5.32 Å². The van der Waals surface area contributed by atoms with E-state index in [0.717, 1.165) is 45.3 Å². The van der Waals surface area contributed by atoms with Gasteiger partial charge in [0, 0.05) is 5.69 Å². The second-order valence-corrected chi connectivity index (χ2v) is 10.3. The van der Waals surface area contributed by atoms with Crippen molar-refractivity contribution in [3.8, 4) is 0 Å². The van der Waals surface area contributed by atoms with Crippen molar-refractivity contribution in [1.29, 1.82) is 0 Å². The fraction of sp³-hybridized carbons (Fsp3) is 0.458. The Morgan fingerprint density at radius 1 is 1.10 bits per heavy atom. The number of aliphatic imine (C=N–C) groups is 2. The normalized spacial score (nSPS) is 18.1. The van der Waals surface area contributed by atoms with Gasteiger partial charge in [0.05, 0.1) is 10.6 Å².